The van der Waals surface area contributed by atoms with Crippen molar-refractivity contribution in [2.75, 3.05) is 6.61 Å². The molecule has 2 aliphatic carbocycles. The van der Waals surface area contributed by atoms with E-state index in [-0.39, 0.29) is 22.1 Å². The van der Waals surface area contributed by atoms with Crippen molar-refractivity contribution in [3.8, 4) is 0 Å². The molecule has 172 valence electrons. The van der Waals surface area contributed by atoms with Gasteiger partial charge in [0.25, 0.3) is 0 Å². The molecule has 1 saturated carbocycles. The quantitative estimate of drug-likeness (QED) is 0.536. The van der Waals surface area contributed by atoms with E-state index in [1.54, 1.807) is 49.5 Å². The van der Waals surface area contributed by atoms with E-state index in [0.717, 1.165) is 0 Å². The Morgan fingerprint density at radius 3 is 1.91 bits per heavy atom. The van der Waals surface area contributed by atoms with Gasteiger partial charge in [-0.25, -0.2) is 21.6 Å². The molecule has 2 aliphatic rings. The summed E-state index contributed by atoms with van der Waals surface area (Å²) in [5, 5.41) is -2.37. The third kappa shape index (κ3) is 3.25. The fourth-order valence-corrected chi connectivity index (χ4v) is 10.5. The van der Waals surface area contributed by atoms with E-state index >= 15 is 0 Å². The van der Waals surface area contributed by atoms with Crippen molar-refractivity contribution in [3.63, 3.8) is 0 Å². The number of ether oxygens (including phenoxy) is 1. The normalized spacial score (nSPS) is 23.9. The maximum atomic E-state index is 13.9. The number of fused-ring (bicyclic) bond motifs is 5. The van der Waals surface area contributed by atoms with Gasteiger partial charge >= 0.3 is 5.97 Å². The lowest BCUT2D eigenvalue weighted by molar-refractivity contribution is 0.0518. The molecule has 0 amide bonds. The standard InChI is InChI=1S/C24H23NO6S2/c1-2-31-24(26)21-20-18-13-17(19(20)14-25-21)22(32(27,28)15-9-5-3-6-10-15)23(18)33(29,30)16-11-7-4-8-12-16/h3-12,14,17-18,22-23,25H,2,13H2,1H3/t17-,18+,22+,23+/m1/s1. The smallest absolute Gasteiger partial charge is 0.355 e. The summed E-state index contributed by atoms with van der Waals surface area (Å²) in [6, 6.07) is 15.9. The Balaban J connectivity index is 1.70. The van der Waals surface area contributed by atoms with E-state index in [0.29, 0.717) is 17.5 Å². The Labute approximate surface area is 192 Å². The number of sulfone groups is 2. The first-order valence-electron chi connectivity index (χ1n) is 10.7. The maximum absolute atomic E-state index is 13.9. The van der Waals surface area contributed by atoms with Gasteiger partial charge in [0.2, 0.25) is 0 Å². The van der Waals surface area contributed by atoms with E-state index in [9.17, 15) is 21.6 Å². The second kappa shape index (κ2) is 7.85. The van der Waals surface area contributed by atoms with Crippen LogP contribution in [0.1, 0.15) is 46.8 Å². The van der Waals surface area contributed by atoms with Gasteiger partial charge in [0, 0.05) is 18.0 Å². The lowest BCUT2D eigenvalue weighted by Crippen LogP contribution is -2.43. The molecule has 0 saturated heterocycles. The zero-order valence-corrected chi connectivity index (χ0v) is 19.5. The molecule has 3 aromatic rings. The number of carbonyl (C=O) groups excluding carboxylic acids is 1. The molecule has 5 rings (SSSR count). The van der Waals surface area contributed by atoms with Gasteiger partial charge in [-0.2, -0.15) is 0 Å². The van der Waals surface area contributed by atoms with Crippen LogP contribution in [0.2, 0.25) is 0 Å². The molecule has 1 heterocycles. The summed E-state index contributed by atoms with van der Waals surface area (Å²) in [6.45, 7) is 1.87. The van der Waals surface area contributed by atoms with Crippen LogP contribution in [-0.4, -0.2) is 44.9 Å². The molecule has 0 spiro atoms. The summed E-state index contributed by atoms with van der Waals surface area (Å²) >= 11 is 0. The van der Waals surface area contributed by atoms with Crippen LogP contribution in [0.4, 0.5) is 0 Å². The van der Waals surface area contributed by atoms with Crippen LogP contribution < -0.4 is 0 Å². The van der Waals surface area contributed by atoms with Gasteiger partial charge in [-0.3, -0.25) is 0 Å². The number of rotatable bonds is 6. The number of carbonyl (C=O) groups is 1. The molecule has 2 bridgehead atoms. The van der Waals surface area contributed by atoms with Crippen LogP contribution in [0.5, 0.6) is 0 Å². The number of aromatic nitrogens is 1. The Bertz CT molecular complexity index is 1410. The van der Waals surface area contributed by atoms with Crippen molar-refractivity contribution < 1.29 is 26.4 Å². The number of hydrogen-bond acceptors (Lipinski definition) is 6. The topological polar surface area (TPSA) is 110 Å². The average molecular weight is 486 g/mol. The van der Waals surface area contributed by atoms with Gasteiger partial charge in [0.15, 0.2) is 19.7 Å². The molecule has 0 radical (unpaired) electrons. The van der Waals surface area contributed by atoms with Gasteiger partial charge in [-0.15, -0.1) is 0 Å². The Morgan fingerprint density at radius 1 is 0.879 bits per heavy atom. The zero-order valence-electron chi connectivity index (χ0n) is 17.8. The van der Waals surface area contributed by atoms with E-state index in [4.69, 9.17) is 4.74 Å². The molecule has 1 N–H and O–H groups in total. The Kier molecular flexibility index (Phi) is 5.21. The molecule has 0 aliphatic heterocycles. The Morgan fingerprint density at radius 2 is 1.39 bits per heavy atom. The second-order valence-corrected chi connectivity index (χ2v) is 12.6. The summed E-state index contributed by atoms with van der Waals surface area (Å²) in [7, 11) is -8.01. The fraction of sp³-hybridized carbons (Fsp3) is 0.292. The number of hydrogen-bond donors (Lipinski definition) is 1. The first kappa shape index (κ1) is 21.9. The predicted octanol–water partition coefficient (Wildman–Crippen LogP) is 3.46. The van der Waals surface area contributed by atoms with Crippen molar-refractivity contribution in [2.45, 2.75) is 45.5 Å². The van der Waals surface area contributed by atoms with Crippen LogP contribution >= 0.6 is 0 Å². The van der Waals surface area contributed by atoms with Crippen molar-refractivity contribution in [1.82, 2.24) is 4.98 Å². The van der Waals surface area contributed by atoms with Crippen molar-refractivity contribution in [3.05, 3.63) is 83.7 Å². The van der Waals surface area contributed by atoms with Crippen LogP contribution in [-0.2, 0) is 24.4 Å². The average Bonchev–Trinajstić information content (AvgIpc) is 3.52. The molecule has 9 heteroatoms. The highest BCUT2D eigenvalue weighted by atomic mass is 32.2. The van der Waals surface area contributed by atoms with Crippen LogP contribution in [0.3, 0.4) is 0 Å². The van der Waals surface area contributed by atoms with Crippen molar-refractivity contribution >= 4 is 25.6 Å². The first-order valence-corrected chi connectivity index (χ1v) is 13.8. The minimum atomic E-state index is -4.03. The summed E-state index contributed by atoms with van der Waals surface area (Å²) in [4.78, 5) is 15.6. The van der Waals surface area contributed by atoms with Crippen LogP contribution in [0.15, 0.2) is 76.7 Å². The summed E-state index contributed by atoms with van der Waals surface area (Å²) in [6.07, 6.45) is 1.98. The molecule has 1 fully saturated rings. The first-order chi connectivity index (χ1) is 15.8. The molecular weight excluding hydrogens is 462 g/mol. The molecule has 0 unspecified atom stereocenters. The fourth-order valence-electron chi connectivity index (χ4n) is 5.43. The van der Waals surface area contributed by atoms with E-state index in [1.807, 2.05) is 0 Å². The Hall–Kier alpha value is -2.91. The molecular formula is C24H23NO6S2. The van der Waals surface area contributed by atoms with Gasteiger partial charge < -0.3 is 9.72 Å². The SMILES string of the molecule is CCOC(=O)c1[nH]cc2c1[C@@H]1C[C@H]2[C@H](S(=O)(=O)c2ccccc2)[C@H]1S(=O)(=O)c1ccccc1. The molecule has 1 aromatic heterocycles. The van der Waals surface area contributed by atoms with Gasteiger partial charge in [0.05, 0.1) is 26.9 Å². The summed E-state index contributed by atoms with van der Waals surface area (Å²) in [5.41, 5.74) is 1.47. The monoisotopic (exact) mass is 485 g/mol. The molecule has 4 atom stereocenters. The third-order valence-electron chi connectivity index (χ3n) is 6.69. The summed E-state index contributed by atoms with van der Waals surface area (Å²) in [5.74, 6) is -1.74. The van der Waals surface area contributed by atoms with Crippen molar-refractivity contribution in [2.24, 2.45) is 0 Å². The largest absolute Gasteiger partial charge is 0.461 e. The minimum absolute atomic E-state index is 0.0746. The number of esters is 1. The lowest BCUT2D eigenvalue weighted by Gasteiger charge is -2.31. The molecule has 33 heavy (non-hydrogen) atoms. The lowest BCUT2D eigenvalue weighted by atomic mass is 9.92. The minimum Gasteiger partial charge on any atom is -0.461 e. The number of H-pyrrole nitrogens is 1. The van der Waals surface area contributed by atoms with E-state index < -0.39 is 48.0 Å². The number of benzene rings is 2. The third-order valence-corrected chi connectivity index (χ3v) is 11.4. The highest BCUT2D eigenvalue weighted by Crippen LogP contribution is 2.60. The number of aromatic amines is 1. The zero-order chi connectivity index (χ0) is 23.4. The highest BCUT2D eigenvalue weighted by molar-refractivity contribution is 7.96. The van der Waals surface area contributed by atoms with Gasteiger partial charge in [0.1, 0.15) is 5.69 Å². The maximum Gasteiger partial charge on any atom is 0.355 e. The predicted molar refractivity (Wildman–Crippen MR) is 122 cm³/mol. The number of nitrogens with one attached hydrogen (secondary N) is 1. The van der Waals surface area contributed by atoms with Gasteiger partial charge in [-0.05, 0) is 48.7 Å². The molecule has 7 nitrogen and oxygen atoms in total. The van der Waals surface area contributed by atoms with E-state index in [1.165, 1.54) is 24.3 Å². The highest BCUT2D eigenvalue weighted by Gasteiger charge is 2.62. The van der Waals surface area contributed by atoms with Crippen molar-refractivity contribution in [1.29, 1.82) is 0 Å². The van der Waals surface area contributed by atoms with Crippen LogP contribution in [0, 0.1) is 0 Å². The second-order valence-electron chi connectivity index (χ2n) is 8.35. The van der Waals surface area contributed by atoms with Gasteiger partial charge in [-0.1, -0.05) is 36.4 Å². The van der Waals surface area contributed by atoms with Crippen LogP contribution in [0.25, 0.3) is 0 Å². The summed E-state index contributed by atoms with van der Waals surface area (Å²) < 4.78 is 60.5. The molecule has 2 aromatic carbocycles. The van der Waals surface area contributed by atoms with E-state index in [2.05, 4.69) is 4.98 Å².